The summed E-state index contributed by atoms with van der Waals surface area (Å²) in [6.07, 6.45) is 0. The summed E-state index contributed by atoms with van der Waals surface area (Å²) < 4.78 is 10.5. The van der Waals surface area contributed by atoms with Crippen molar-refractivity contribution in [1.29, 1.82) is 0 Å². The van der Waals surface area contributed by atoms with Crippen LogP contribution < -0.4 is 19.9 Å². The maximum atomic E-state index is 11.8. The third kappa shape index (κ3) is 4.42. The molecular formula is C16H18N2O3. The molecule has 0 spiro atoms. The van der Waals surface area contributed by atoms with Crippen LogP contribution in [0.1, 0.15) is 0 Å². The van der Waals surface area contributed by atoms with Crippen molar-refractivity contribution in [2.75, 3.05) is 25.8 Å². The monoisotopic (exact) mass is 286 g/mol. The van der Waals surface area contributed by atoms with Crippen molar-refractivity contribution in [3.8, 4) is 11.5 Å². The van der Waals surface area contributed by atoms with Crippen LogP contribution in [0.5, 0.6) is 11.5 Å². The summed E-state index contributed by atoms with van der Waals surface area (Å²) >= 11 is 0. The number of hydrazine groups is 1. The number of benzene rings is 2. The second-order valence-corrected chi connectivity index (χ2v) is 4.39. The van der Waals surface area contributed by atoms with Crippen LogP contribution in [0.15, 0.2) is 54.6 Å². The fourth-order valence-electron chi connectivity index (χ4n) is 1.76. The molecule has 21 heavy (non-hydrogen) atoms. The zero-order chi connectivity index (χ0) is 15.1. The van der Waals surface area contributed by atoms with Crippen LogP contribution in [-0.2, 0) is 4.79 Å². The first kappa shape index (κ1) is 14.7. The fraction of sp³-hybridized carbons (Fsp3) is 0.188. The Balaban J connectivity index is 1.81. The quantitative estimate of drug-likeness (QED) is 0.827. The number of nitrogens with zero attached hydrogens (tertiary/aromatic N) is 1. The molecule has 5 heteroatoms. The summed E-state index contributed by atoms with van der Waals surface area (Å²) in [6.45, 7) is -0.0521. The minimum absolute atomic E-state index is 0.0521. The number of methoxy groups -OCH3 is 1. The lowest BCUT2D eigenvalue weighted by Gasteiger charge is -2.20. The number of nitrogens with one attached hydrogen (secondary N) is 1. The smallest absolute Gasteiger partial charge is 0.276 e. The third-order valence-corrected chi connectivity index (χ3v) is 2.87. The molecule has 0 aliphatic rings. The second kappa shape index (κ2) is 7.19. The molecule has 0 aliphatic heterocycles. The van der Waals surface area contributed by atoms with E-state index in [1.165, 1.54) is 0 Å². The molecule has 2 aromatic carbocycles. The van der Waals surface area contributed by atoms with Gasteiger partial charge in [-0.05, 0) is 36.4 Å². The topological polar surface area (TPSA) is 50.8 Å². The third-order valence-electron chi connectivity index (χ3n) is 2.87. The SMILES string of the molecule is COc1ccc(OCC(=O)NN(C)c2ccccc2)cc1. The predicted molar refractivity (Wildman–Crippen MR) is 81.5 cm³/mol. The van der Waals surface area contributed by atoms with Crippen molar-refractivity contribution in [2.45, 2.75) is 0 Å². The lowest BCUT2D eigenvalue weighted by Crippen LogP contribution is -2.41. The average molecular weight is 286 g/mol. The molecule has 2 rings (SSSR count). The first-order valence-electron chi connectivity index (χ1n) is 6.54. The molecule has 110 valence electrons. The maximum Gasteiger partial charge on any atom is 0.276 e. The summed E-state index contributed by atoms with van der Waals surface area (Å²) in [6, 6.07) is 16.6. The van der Waals surface area contributed by atoms with Gasteiger partial charge in [0.05, 0.1) is 12.8 Å². The van der Waals surface area contributed by atoms with E-state index < -0.39 is 0 Å². The summed E-state index contributed by atoms with van der Waals surface area (Å²) in [5.41, 5.74) is 3.63. The molecule has 0 saturated heterocycles. The lowest BCUT2D eigenvalue weighted by atomic mass is 10.3. The van der Waals surface area contributed by atoms with Gasteiger partial charge < -0.3 is 9.47 Å². The van der Waals surface area contributed by atoms with Gasteiger partial charge in [-0.3, -0.25) is 15.2 Å². The Kier molecular flexibility index (Phi) is 5.04. The first-order chi connectivity index (χ1) is 10.2. The first-order valence-corrected chi connectivity index (χ1v) is 6.54. The van der Waals surface area contributed by atoms with Crippen molar-refractivity contribution < 1.29 is 14.3 Å². The lowest BCUT2D eigenvalue weighted by molar-refractivity contribution is -0.123. The molecule has 1 N–H and O–H groups in total. The van der Waals surface area contributed by atoms with E-state index >= 15 is 0 Å². The van der Waals surface area contributed by atoms with Gasteiger partial charge in [-0.25, -0.2) is 0 Å². The summed E-state index contributed by atoms with van der Waals surface area (Å²) in [4.78, 5) is 11.8. The average Bonchev–Trinajstić information content (AvgIpc) is 2.54. The molecule has 0 aliphatic carbocycles. The van der Waals surface area contributed by atoms with Gasteiger partial charge in [-0.15, -0.1) is 0 Å². The molecule has 0 fully saturated rings. The highest BCUT2D eigenvalue weighted by molar-refractivity contribution is 5.79. The van der Waals surface area contributed by atoms with Gasteiger partial charge in [0.1, 0.15) is 11.5 Å². The standard InChI is InChI=1S/C16H18N2O3/c1-18(13-6-4-3-5-7-13)17-16(19)12-21-15-10-8-14(20-2)9-11-15/h3-11H,12H2,1-2H3,(H,17,19). The number of hydrogen-bond donors (Lipinski definition) is 1. The molecule has 0 aromatic heterocycles. The van der Waals surface area contributed by atoms with E-state index in [9.17, 15) is 4.79 Å². The van der Waals surface area contributed by atoms with Crippen LogP contribution in [0.4, 0.5) is 5.69 Å². The molecule has 0 saturated carbocycles. The normalized spacial score (nSPS) is 9.81. The van der Waals surface area contributed by atoms with Gasteiger partial charge in [-0.1, -0.05) is 18.2 Å². The molecule has 2 aromatic rings. The Morgan fingerprint density at radius 1 is 1.05 bits per heavy atom. The Bertz CT molecular complexity index is 570. The van der Waals surface area contributed by atoms with Crippen molar-refractivity contribution in [3.63, 3.8) is 0 Å². The van der Waals surface area contributed by atoms with Crippen LogP contribution in [-0.4, -0.2) is 26.7 Å². The molecule has 0 radical (unpaired) electrons. The van der Waals surface area contributed by atoms with Crippen LogP contribution in [0.2, 0.25) is 0 Å². The van der Waals surface area contributed by atoms with Gasteiger partial charge in [0.15, 0.2) is 6.61 Å². The highest BCUT2D eigenvalue weighted by Crippen LogP contribution is 2.16. The van der Waals surface area contributed by atoms with Gasteiger partial charge >= 0.3 is 0 Å². The molecule has 5 nitrogen and oxygen atoms in total. The number of rotatable bonds is 6. The molecule has 0 bridgehead atoms. The highest BCUT2D eigenvalue weighted by atomic mass is 16.5. The van der Waals surface area contributed by atoms with Crippen LogP contribution in [0.25, 0.3) is 0 Å². The number of amides is 1. The Morgan fingerprint density at radius 2 is 1.67 bits per heavy atom. The van der Waals surface area contributed by atoms with Gasteiger partial charge in [-0.2, -0.15) is 0 Å². The van der Waals surface area contributed by atoms with Crippen molar-refractivity contribution in [1.82, 2.24) is 5.43 Å². The zero-order valence-corrected chi connectivity index (χ0v) is 12.1. The molecular weight excluding hydrogens is 268 g/mol. The molecule has 0 unspecified atom stereocenters. The maximum absolute atomic E-state index is 11.8. The Labute approximate surface area is 124 Å². The van der Waals surface area contributed by atoms with E-state index in [0.717, 1.165) is 11.4 Å². The summed E-state index contributed by atoms with van der Waals surface area (Å²) in [5, 5.41) is 1.65. The fourth-order valence-corrected chi connectivity index (χ4v) is 1.76. The van der Waals surface area contributed by atoms with Gasteiger partial charge in [0.2, 0.25) is 0 Å². The predicted octanol–water partition coefficient (Wildman–Crippen LogP) is 2.24. The van der Waals surface area contributed by atoms with Crippen LogP contribution in [0.3, 0.4) is 0 Å². The van der Waals surface area contributed by atoms with E-state index in [-0.39, 0.29) is 12.5 Å². The largest absolute Gasteiger partial charge is 0.497 e. The van der Waals surface area contributed by atoms with Crippen molar-refractivity contribution in [3.05, 3.63) is 54.6 Å². The molecule has 0 heterocycles. The van der Waals surface area contributed by atoms with Crippen molar-refractivity contribution in [2.24, 2.45) is 0 Å². The number of carbonyl (C=O) groups excluding carboxylic acids is 1. The number of carbonyl (C=O) groups is 1. The Hall–Kier alpha value is -2.69. The van der Waals surface area contributed by atoms with Crippen LogP contribution in [0, 0.1) is 0 Å². The van der Waals surface area contributed by atoms with E-state index in [1.54, 1.807) is 43.4 Å². The number of anilines is 1. The highest BCUT2D eigenvalue weighted by Gasteiger charge is 2.06. The minimum Gasteiger partial charge on any atom is -0.497 e. The summed E-state index contributed by atoms with van der Waals surface area (Å²) in [7, 11) is 3.38. The van der Waals surface area contributed by atoms with E-state index in [2.05, 4.69) is 5.43 Å². The summed E-state index contributed by atoms with van der Waals surface area (Å²) in [5.74, 6) is 1.14. The van der Waals surface area contributed by atoms with Gasteiger partial charge in [0, 0.05) is 7.05 Å². The molecule has 1 amide bonds. The van der Waals surface area contributed by atoms with Crippen molar-refractivity contribution >= 4 is 11.6 Å². The van der Waals surface area contributed by atoms with E-state index in [4.69, 9.17) is 9.47 Å². The Morgan fingerprint density at radius 3 is 2.29 bits per heavy atom. The van der Waals surface area contributed by atoms with Gasteiger partial charge in [0.25, 0.3) is 5.91 Å². The van der Waals surface area contributed by atoms with E-state index in [1.807, 2.05) is 30.3 Å². The minimum atomic E-state index is -0.225. The second-order valence-electron chi connectivity index (χ2n) is 4.39. The zero-order valence-electron chi connectivity index (χ0n) is 12.1. The molecule has 0 atom stereocenters. The van der Waals surface area contributed by atoms with Crippen LogP contribution >= 0.6 is 0 Å². The number of ether oxygens (including phenoxy) is 2. The number of para-hydroxylation sites is 1. The number of hydrogen-bond acceptors (Lipinski definition) is 4. The van der Waals surface area contributed by atoms with E-state index in [0.29, 0.717) is 5.75 Å².